The molecular weight excluding hydrogens is 1030 g/mol. The third-order valence-corrected chi connectivity index (χ3v) is 15.0. The van der Waals surface area contributed by atoms with Gasteiger partial charge in [-0.2, -0.15) is 0 Å². The lowest BCUT2D eigenvalue weighted by Gasteiger charge is -2.45. The molecule has 0 unspecified atom stereocenters. The van der Waals surface area contributed by atoms with Crippen LogP contribution in [0.3, 0.4) is 0 Å². The Morgan fingerprint density at radius 1 is 0.526 bits per heavy atom. The predicted octanol–water partition coefficient (Wildman–Crippen LogP) is 6.90. The van der Waals surface area contributed by atoms with Gasteiger partial charge in [-0.3, -0.25) is 23.4 Å². The van der Waals surface area contributed by atoms with E-state index < -0.39 is 133 Å². The molecule has 0 aromatic heterocycles. The van der Waals surface area contributed by atoms with Crippen LogP contribution in [0.4, 0.5) is 0 Å². The molecule has 22 nitrogen and oxygen atoms in total. The van der Waals surface area contributed by atoms with Crippen LogP contribution >= 0.6 is 15.6 Å². The van der Waals surface area contributed by atoms with Crippen molar-refractivity contribution in [3.8, 4) is 0 Å². The number of nitrogens with one attached hydrogen (secondary N) is 2. The van der Waals surface area contributed by atoms with Crippen molar-refractivity contribution < 1.29 is 96.6 Å². The Bertz CT molecular complexity index is 1640. The molecule has 2 rings (SSSR count). The van der Waals surface area contributed by atoms with Crippen LogP contribution in [-0.4, -0.2) is 150 Å². The minimum absolute atomic E-state index is 0.153. The SMILES string of the molecule is CCCCCCCCCCCC(=O)O[C@H](CCCCCCCCCCC)CC(=O)N[C@@H]1[C@H](OC[C@H]2O[C@@H](OP(=O)(O)O)[C@@H](NC(=O)C[C@H](O)CCCCCCCCCCC)[C@@H](O)[C@@H]2O)O[C@H](CO)[C@@H](OP(=O)(O)O)[C@@H]1O. The first-order valence-electron chi connectivity index (χ1n) is 28.7. The Morgan fingerprint density at radius 2 is 0.947 bits per heavy atom. The minimum Gasteiger partial charge on any atom is -0.462 e. The van der Waals surface area contributed by atoms with Crippen molar-refractivity contribution in [3.05, 3.63) is 0 Å². The molecule has 12 atom stereocenters. The first kappa shape index (κ1) is 70.4. The zero-order valence-corrected chi connectivity index (χ0v) is 47.7. The second kappa shape index (κ2) is 40.5. The molecular formula is C52H100N2O20P2. The maximum absolute atomic E-state index is 13.9. The molecule has 2 saturated heterocycles. The van der Waals surface area contributed by atoms with Gasteiger partial charge in [0.2, 0.25) is 11.8 Å². The molecule has 0 radical (unpaired) electrons. The lowest BCUT2D eigenvalue weighted by atomic mass is 9.95. The Balaban J connectivity index is 2.20. The van der Waals surface area contributed by atoms with E-state index in [0.717, 1.165) is 89.9 Å². The van der Waals surface area contributed by atoms with Gasteiger partial charge >= 0.3 is 21.6 Å². The van der Waals surface area contributed by atoms with Gasteiger partial charge in [0.15, 0.2) is 12.6 Å². The van der Waals surface area contributed by atoms with E-state index in [1.807, 2.05) is 0 Å². The molecule has 2 aliphatic rings. The van der Waals surface area contributed by atoms with Gasteiger partial charge in [0, 0.05) is 6.42 Å². The summed E-state index contributed by atoms with van der Waals surface area (Å²) in [4.78, 5) is 79.0. The zero-order chi connectivity index (χ0) is 56.4. The van der Waals surface area contributed by atoms with Crippen molar-refractivity contribution >= 4 is 33.4 Å². The highest BCUT2D eigenvalue weighted by molar-refractivity contribution is 7.46. The number of carbonyl (C=O) groups is 3. The standard InChI is InChI=1S/C52H100N2O20P2/c1-4-7-10-13-16-19-22-25-28-31-38(56)34-42(57)53-45-48(61)47(60)41(72-52(45)74-76(66,67)68)37-69-51-46(49(62)50(40(36-55)71-51)73-75(63,64)65)54-43(58)35-39(32-29-26-23-20-17-14-11-8-5-2)70-44(59)33-30-27-24-21-18-15-12-9-6-3/h38-41,45-52,55-56,60-62H,4-37H2,1-3H3,(H,53,57)(H,54,58)(H2,63,64,65)(H2,66,67,68)/t38-,39-,40-,41-,45+,46+,47-,48-,49-,50-,51-,52+/m1/s1. The van der Waals surface area contributed by atoms with E-state index >= 15 is 0 Å². The van der Waals surface area contributed by atoms with E-state index in [0.29, 0.717) is 32.1 Å². The Morgan fingerprint density at radius 3 is 1.42 bits per heavy atom. The number of carbonyl (C=O) groups excluding carboxylic acids is 3. The molecule has 0 aromatic carbocycles. The Kier molecular flexibility index (Phi) is 37.5. The van der Waals surface area contributed by atoms with E-state index in [-0.39, 0.29) is 6.42 Å². The second-order valence-corrected chi connectivity index (χ2v) is 23.3. The average Bonchev–Trinajstić information content (AvgIpc) is 3.35. The Hall–Kier alpha value is -1.69. The third-order valence-electron chi connectivity index (χ3n) is 14.0. The normalized spacial score (nSPS) is 25.0. The van der Waals surface area contributed by atoms with Crippen LogP contribution in [0.1, 0.15) is 226 Å². The van der Waals surface area contributed by atoms with Crippen molar-refractivity contribution in [3.63, 3.8) is 0 Å². The molecule has 448 valence electrons. The lowest BCUT2D eigenvalue weighted by Crippen LogP contribution is -2.67. The summed E-state index contributed by atoms with van der Waals surface area (Å²) in [6.07, 6.45) is 10.8. The fraction of sp³-hybridized carbons (Fsp3) is 0.942. The van der Waals surface area contributed by atoms with Crippen molar-refractivity contribution in [2.75, 3.05) is 13.2 Å². The highest BCUT2D eigenvalue weighted by Crippen LogP contribution is 2.43. The predicted molar refractivity (Wildman–Crippen MR) is 283 cm³/mol. The molecule has 2 fully saturated rings. The van der Waals surface area contributed by atoms with E-state index in [4.69, 9.17) is 28.0 Å². The summed E-state index contributed by atoms with van der Waals surface area (Å²) >= 11 is 0. The number of esters is 1. The largest absolute Gasteiger partial charge is 0.472 e. The number of amides is 2. The molecule has 0 spiro atoms. The number of hydrogen-bond donors (Lipinski definition) is 11. The molecule has 2 aliphatic heterocycles. The van der Waals surface area contributed by atoms with Gasteiger partial charge < -0.3 is 74.7 Å². The molecule has 11 N–H and O–H groups in total. The minimum atomic E-state index is -5.42. The van der Waals surface area contributed by atoms with Crippen LogP contribution in [0.15, 0.2) is 0 Å². The van der Waals surface area contributed by atoms with Gasteiger partial charge in [-0.15, -0.1) is 0 Å². The lowest BCUT2D eigenvalue weighted by molar-refractivity contribution is -0.294. The van der Waals surface area contributed by atoms with E-state index in [9.17, 15) is 68.6 Å². The molecule has 76 heavy (non-hydrogen) atoms. The fourth-order valence-electron chi connectivity index (χ4n) is 9.70. The van der Waals surface area contributed by atoms with Gasteiger partial charge in [0.25, 0.3) is 0 Å². The fourth-order valence-corrected chi connectivity index (χ4v) is 10.7. The van der Waals surface area contributed by atoms with Crippen LogP contribution in [0.25, 0.3) is 0 Å². The highest BCUT2D eigenvalue weighted by Gasteiger charge is 2.52. The smallest absolute Gasteiger partial charge is 0.462 e. The quantitative estimate of drug-likeness (QED) is 0.0168. The topological polar surface area (TPSA) is 347 Å². The molecule has 0 bridgehead atoms. The molecule has 0 aromatic rings. The molecule has 0 saturated carbocycles. The number of hydrogen-bond acceptors (Lipinski definition) is 16. The molecule has 24 heteroatoms. The number of phosphoric ester groups is 2. The van der Waals surface area contributed by atoms with E-state index in [1.165, 1.54) is 64.2 Å². The summed E-state index contributed by atoms with van der Waals surface area (Å²) in [7, 11) is -10.8. The van der Waals surface area contributed by atoms with Gasteiger partial charge in [-0.05, 0) is 25.7 Å². The molecule has 2 amide bonds. The van der Waals surface area contributed by atoms with Gasteiger partial charge in [-0.25, -0.2) is 9.13 Å². The van der Waals surface area contributed by atoms with Crippen molar-refractivity contribution in [1.82, 2.24) is 10.6 Å². The zero-order valence-electron chi connectivity index (χ0n) is 45.9. The number of aliphatic hydroxyl groups excluding tert-OH is 5. The number of unbranched alkanes of at least 4 members (excludes halogenated alkanes) is 24. The van der Waals surface area contributed by atoms with Crippen LogP contribution in [0, 0.1) is 0 Å². The number of rotatable bonds is 45. The van der Waals surface area contributed by atoms with Gasteiger partial charge in [0.05, 0.1) is 32.2 Å². The maximum atomic E-state index is 13.9. The van der Waals surface area contributed by atoms with E-state index in [1.54, 1.807) is 0 Å². The Labute approximate surface area is 452 Å². The van der Waals surface area contributed by atoms with E-state index in [2.05, 4.69) is 31.4 Å². The third kappa shape index (κ3) is 31.3. The summed E-state index contributed by atoms with van der Waals surface area (Å²) in [5.41, 5.74) is 0. The van der Waals surface area contributed by atoms with Crippen LogP contribution in [-0.2, 0) is 51.5 Å². The van der Waals surface area contributed by atoms with Gasteiger partial charge in [-0.1, -0.05) is 181 Å². The summed E-state index contributed by atoms with van der Waals surface area (Å²) in [5, 5.41) is 59.7. The van der Waals surface area contributed by atoms with Gasteiger partial charge in [0.1, 0.15) is 54.8 Å². The van der Waals surface area contributed by atoms with Crippen molar-refractivity contribution in [2.24, 2.45) is 0 Å². The summed E-state index contributed by atoms with van der Waals surface area (Å²) < 4.78 is 56.9. The first-order chi connectivity index (χ1) is 36.2. The second-order valence-electron chi connectivity index (χ2n) is 20.9. The first-order valence-corrected chi connectivity index (χ1v) is 31.8. The number of phosphoric acid groups is 2. The average molecular weight is 1140 g/mol. The molecule has 2 heterocycles. The monoisotopic (exact) mass is 1130 g/mol. The van der Waals surface area contributed by atoms with Crippen LogP contribution < -0.4 is 10.6 Å². The number of ether oxygens (including phenoxy) is 4. The summed E-state index contributed by atoms with van der Waals surface area (Å²) in [6, 6.07) is -3.52. The number of aliphatic hydroxyl groups is 5. The molecule has 0 aliphatic carbocycles. The maximum Gasteiger partial charge on any atom is 0.472 e. The summed E-state index contributed by atoms with van der Waals surface area (Å²) in [6.45, 7) is 4.65. The summed E-state index contributed by atoms with van der Waals surface area (Å²) in [5.74, 6) is -2.11. The van der Waals surface area contributed by atoms with Crippen molar-refractivity contribution in [1.29, 1.82) is 0 Å². The highest BCUT2D eigenvalue weighted by atomic mass is 31.2. The van der Waals surface area contributed by atoms with Crippen LogP contribution in [0.2, 0.25) is 0 Å². The van der Waals surface area contributed by atoms with Crippen molar-refractivity contribution in [2.45, 2.75) is 300 Å². The van der Waals surface area contributed by atoms with Crippen LogP contribution in [0.5, 0.6) is 0 Å².